The van der Waals surface area contributed by atoms with Gasteiger partial charge in [0.15, 0.2) is 0 Å². The Labute approximate surface area is 92.8 Å². The number of carbonyl (C=O) groups is 1. The quantitative estimate of drug-likeness (QED) is 0.658. The first-order valence-corrected chi connectivity index (χ1v) is 6.19. The van der Waals surface area contributed by atoms with Crippen LogP contribution in [0.15, 0.2) is 0 Å². The van der Waals surface area contributed by atoms with Crippen LogP contribution in [0.3, 0.4) is 0 Å². The lowest BCUT2D eigenvalue weighted by Gasteiger charge is -2.09. The highest BCUT2D eigenvalue weighted by Crippen LogP contribution is 2.32. The van der Waals surface area contributed by atoms with Gasteiger partial charge in [-0.2, -0.15) is 0 Å². The summed E-state index contributed by atoms with van der Waals surface area (Å²) in [5.74, 6) is 1.68. The fourth-order valence-electron chi connectivity index (χ4n) is 2.34. The van der Waals surface area contributed by atoms with Gasteiger partial charge in [0.1, 0.15) is 0 Å². The lowest BCUT2D eigenvalue weighted by Crippen LogP contribution is -2.26. The van der Waals surface area contributed by atoms with E-state index in [-0.39, 0.29) is 5.91 Å². The number of nitrogens with one attached hydrogen (secondary N) is 1. The van der Waals surface area contributed by atoms with Gasteiger partial charge in [-0.3, -0.25) is 4.79 Å². The second kappa shape index (κ2) is 6.83. The fraction of sp³-hybridized carbons (Fsp3) is 0.917. The molecule has 1 amide bonds. The molecule has 0 aromatic heterocycles. The number of amides is 1. The third-order valence-electron chi connectivity index (χ3n) is 3.23. The Hall–Kier alpha value is -0.570. The van der Waals surface area contributed by atoms with Crippen molar-refractivity contribution in [2.45, 2.75) is 45.4 Å². The van der Waals surface area contributed by atoms with Crippen molar-refractivity contribution >= 4 is 5.91 Å². The molecule has 3 heteroatoms. The van der Waals surface area contributed by atoms with Gasteiger partial charge in [-0.05, 0) is 44.1 Å². The van der Waals surface area contributed by atoms with E-state index in [1.165, 1.54) is 19.3 Å². The normalized spacial score (nSPS) is 25.5. The van der Waals surface area contributed by atoms with Gasteiger partial charge in [0.05, 0.1) is 0 Å². The smallest absolute Gasteiger partial charge is 0.220 e. The minimum atomic E-state index is 0.228. The van der Waals surface area contributed by atoms with E-state index < -0.39 is 0 Å². The summed E-state index contributed by atoms with van der Waals surface area (Å²) in [5, 5.41) is 2.96. The molecule has 0 saturated heterocycles. The number of hydrogen-bond acceptors (Lipinski definition) is 2. The summed E-state index contributed by atoms with van der Waals surface area (Å²) < 4.78 is 0. The predicted octanol–water partition coefficient (Wildman–Crippen LogP) is 1.67. The monoisotopic (exact) mass is 212 g/mol. The lowest BCUT2D eigenvalue weighted by molar-refractivity contribution is -0.122. The molecule has 0 spiro atoms. The Kier molecular flexibility index (Phi) is 5.69. The molecule has 2 atom stereocenters. The summed E-state index contributed by atoms with van der Waals surface area (Å²) in [6.07, 6.45) is 6.50. The molecule has 1 aliphatic carbocycles. The second-order valence-electron chi connectivity index (χ2n) is 4.83. The van der Waals surface area contributed by atoms with Crippen LogP contribution in [0.5, 0.6) is 0 Å². The van der Waals surface area contributed by atoms with E-state index >= 15 is 0 Å². The molecule has 1 aliphatic rings. The third kappa shape index (κ3) is 5.17. The Morgan fingerprint density at radius 1 is 1.40 bits per heavy atom. The Bertz CT molecular complexity index is 194. The zero-order valence-corrected chi connectivity index (χ0v) is 9.80. The van der Waals surface area contributed by atoms with Crippen molar-refractivity contribution in [2.75, 3.05) is 13.1 Å². The number of carbonyl (C=O) groups excluding carboxylic acids is 1. The molecule has 0 aliphatic heterocycles. The molecule has 0 radical (unpaired) electrons. The van der Waals surface area contributed by atoms with Crippen LogP contribution < -0.4 is 11.1 Å². The van der Waals surface area contributed by atoms with Crippen molar-refractivity contribution < 1.29 is 4.79 Å². The lowest BCUT2D eigenvalue weighted by atomic mass is 10.0. The molecule has 0 heterocycles. The van der Waals surface area contributed by atoms with Crippen LogP contribution in [0.2, 0.25) is 0 Å². The van der Waals surface area contributed by atoms with Gasteiger partial charge in [-0.1, -0.05) is 13.3 Å². The number of unbranched alkanes of at least 4 members (excludes halogenated alkanes) is 1. The maximum atomic E-state index is 11.5. The van der Waals surface area contributed by atoms with Crippen LogP contribution in [-0.4, -0.2) is 19.0 Å². The van der Waals surface area contributed by atoms with Crippen LogP contribution in [0, 0.1) is 11.8 Å². The van der Waals surface area contributed by atoms with Gasteiger partial charge in [0, 0.05) is 13.0 Å². The largest absolute Gasteiger partial charge is 0.356 e. The summed E-state index contributed by atoms with van der Waals surface area (Å²) >= 11 is 0. The zero-order valence-electron chi connectivity index (χ0n) is 9.80. The first kappa shape index (κ1) is 12.5. The van der Waals surface area contributed by atoms with E-state index in [9.17, 15) is 4.79 Å². The summed E-state index contributed by atoms with van der Waals surface area (Å²) in [5.41, 5.74) is 5.38. The maximum absolute atomic E-state index is 11.5. The van der Waals surface area contributed by atoms with Gasteiger partial charge in [-0.25, -0.2) is 0 Å². The maximum Gasteiger partial charge on any atom is 0.220 e. The Morgan fingerprint density at radius 2 is 2.20 bits per heavy atom. The number of rotatable bonds is 6. The Balaban J connectivity index is 2.03. The molecule has 0 aromatic rings. The average Bonchev–Trinajstić information content (AvgIpc) is 2.59. The summed E-state index contributed by atoms with van der Waals surface area (Å²) in [6, 6.07) is 0. The molecule has 0 aromatic carbocycles. The molecule has 1 fully saturated rings. The van der Waals surface area contributed by atoms with E-state index in [1.54, 1.807) is 0 Å². The van der Waals surface area contributed by atoms with Gasteiger partial charge < -0.3 is 11.1 Å². The fourth-order valence-corrected chi connectivity index (χ4v) is 2.34. The van der Waals surface area contributed by atoms with Crippen molar-refractivity contribution in [3.8, 4) is 0 Å². The van der Waals surface area contributed by atoms with Crippen molar-refractivity contribution in [3.63, 3.8) is 0 Å². The molecule has 15 heavy (non-hydrogen) atoms. The highest BCUT2D eigenvalue weighted by molar-refractivity contribution is 5.76. The van der Waals surface area contributed by atoms with Crippen LogP contribution >= 0.6 is 0 Å². The zero-order chi connectivity index (χ0) is 11.1. The van der Waals surface area contributed by atoms with Gasteiger partial charge in [-0.15, -0.1) is 0 Å². The van der Waals surface area contributed by atoms with Crippen molar-refractivity contribution in [1.29, 1.82) is 0 Å². The topological polar surface area (TPSA) is 55.1 Å². The van der Waals surface area contributed by atoms with Crippen LogP contribution in [-0.2, 0) is 4.79 Å². The van der Waals surface area contributed by atoms with E-state index in [0.717, 1.165) is 38.3 Å². The molecular weight excluding hydrogens is 188 g/mol. The van der Waals surface area contributed by atoms with Crippen LogP contribution in [0.25, 0.3) is 0 Å². The molecule has 0 bridgehead atoms. The summed E-state index contributed by atoms with van der Waals surface area (Å²) in [6.45, 7) is 3.79. The van der Waals surface area contributed by atoms with E-state index in [4.69, 9.17) is 5.73 Å². The molecule has 3 nitrogen and oxygen atoms in total. The van der Waals surface area contributed by atoms with Gasteiger partial charge in [0.2, 0.25) is 5.91 Å². The number of nitrogens with two attached hydrogens (primary N) is 1. The standard InChI is InChI=1S/C12H24N2O/c1-10-4-5-11(8-10)9-12(15)14-7-3-2-6-13/h10-11H,2-9,13H2,1H3,(H,14,15). The molecule has 88 valence electrons. The minimum Gasteiger partial charge on any atom is -0.356 e. The molecular formula is C12H24N2O. The predicted molar refractivity (Wildman–Crippen MR) is 62.4 cm³/mol. The molecule has 1 saturated carbocycles. The van der Waals surface area contributed by atoms with E-state index in [2.05, 4.69) is 12.2 Å². The van der Waals surface area contributed by atoms with Crippen molar-refractivity contribution in [1.82, 2.24) is 5.32 Å². The van der Waals surface area contributed by atoms with Gasteiger partial charge in [0.25, 0.3) is 0 Å². The first-order chi connectivity index (χ1) is 7.22. The van der Waals surface area contributed by atoms with Crippen molar-refractivity contribution in [3.05, 3.63) is 0 Å². The Morgan fingerprint density at radius 3 is 2.80 bits per heavy atom. The van der Waals surface area contributed by atoms with Crippen LogP contribution in [0.4, 0.5) is 0 Å². The molecule has 3 N–H and O–H groups in total. The molecule has 2 unspecified atom stereocenters. The van der Waals surface area contributed by atoms with E-state index in [0.29, 0.717) is 5.92 Å². The first-order valence-electron chi connectivity index (χ1n) is 6.19. The van der Waals surface area contributed by atoms with Crippen LogP contribution in [0.1, 0.15) is 45.4 Å². The highest BCUT2D eigenvalue weighted by atomic mass is 16.1. The van der Waals surface area contributed by atoms with E-state index in [1.807, 2.05) is 0 Å². The second-order valence-corrected chi connectivity index (χ2v) is 4.83. The number of hydrogen-bond donors (Lipinski definition) is 2. The van der Waals surface area contributed by atoms with Crippen molar-refractivity contribution in [2.24, 2.45) is 17.6 Å². The molecule has 1 rings (SSSR count). The SMILES string of the molecule is CC1CCC(CC(=O)NCCCCN)C1. The summed E-state index contributed by atoms with van der Waals surface area (Å²) in [4.78, 5) is 11.5. The third-order valence-corrected chi connectivity index (χ3v) is 3.23. The minimum absolute atomic E-state index is 0.228. The summed E-state index contributed by atoms with van der Waals surface area (Å²) in [7, 11) is 0. The average molecular weight is 212 g/mol. The highest BCUT2D eigenvalue weighted by Gasteiger charge is 2.23. The van der Waals surface area contributed by atoms with Gasteiger partial charge >= 0.3 is 0 Å².